The van der Waals surface area contributed by atoms with Crippen molar-refractivity contribution in [2.75, 3.05) is 18.2 Å². The monoisotopic (exact) mass is 451 g/mol. The van der Waals surface area contributed by atoms with Crippen molar-refractivity contribution in [3.8, 4) is 28.4 Å². The third kappa shape index (κ3) is 4.95. The van der Waals surface area contributed by atoms with Crippen LogP contribution in [0.15, 0.2) is 59.1 Å². The van der Waals surface area contributed by atoms with Gasteiger partial charge in [0.15, 0.2) is 16.1 Å². The molecule has 1 amide bonds. The Hall–Kier alpha value is -3.17. The number of aryl methyl sites for hydroxylation is 1. The van der Waals surface area contributed by atoms with E-state index in [1.807, 2.05) is 72.4 Å². The van der Waals surface area contributed by atoms with E-state index in [1.165, 1.54) is 28.7 Å². The van der Waals surface area contributed by atoms with E-state index in [0.717, 1.165) is 22.6 Å². The van der Waals surface area contributed by atoms with Gasteiger partial charge in [0.25, 0.3) is 0 Å². The van der Waals surface area contributed by atoms with Crippen LogP contribution in [0, 0.1) is 6.92 Å². The second-order valence-corrected chi connectivity index (χ2v) is 8.64. The van der Waals surface area contributed by atoms with Crippen LogP contribution in [0.1, 0.15) is 5.56 Å². The van der Waals surface area contributed by atoms with Gasteiger partial charge in [-0.15, -0.1) is 21.5 Å². The molecule has 2 heterocycles. The smallest absolute Gasteiger partial charge is 0.236 e. The van der Waals surface area contributed by atoms with Crippen LogP contribution in [0.3, 0.4) is 0 Å². The number of carbonyl (C=O) groups excluding carboxylic acids is 1. The molecule has 0 aliphatic rings. The molecule has 0 unspecified atom stereocenters. The Morgan fingerprint density at radius 3 is 2.74 bits per heavy atom. The van der Waals surface area contributed by atoms with Crippen LogP contribution < -0.4 is 10.1 Å². The first kappa shape index (κ1) is 21.1. The van der Waals surface area contributed by atoms with Gasteiger partial charge in [-0.2, -0.15) is 0 Å². The normalized spacial score (nSPS) is 10.8. The maximum absolute atomic E-state index is 12.4. The zero-order chi connectivity index (χ0) is 21.8. The molecule has 2 aromatic heterocycles. The summed E-state index contributed by atoms with van der Waals surface area (Å²) in [5.74, 6) is 1.54. The van der Waals surface area contributed by atoms with Crippen molar-refractivity contribution in [2.24, 2.45) is 7.05 Å². The molecule has 0 radical (unpaired) electrons. The van der Waals surface area contributed by atoms with Crippen LogP contribution in [-0.2, 0) is 11.8 Å². The SMILES string of the molecule is COc1cccc(-c2nnc(SCC(=O)Nc3nc(-c4ccc(C)cc4)cs3)n2C)c1. The Morgan fingerprint density at radius 1 is 1.16 bits per heavy atom. The number of ether oxygens (including phenoxy) is 1. The topological polar surface area (TPSA) is 81.9 Å². The largest absolute Gasteiger partial charge is 0.497 e. The number of amides is 1. The zero-order valence-electron chi connectivity index (χ0n) is 17.3. The van der Waals surface area contributed by atoms with E-state index < -0.39 is 0 Å². The average Bonchev–Trinajstić information content (AvgIpc) is 3.39. The van der Waals surface area contributed by atoms with Crippen molar-refractivity contribution in [2.45, 2.75) is 12.1 Å². The van der Waals surface area contributed by atoms with Crippen molar-refractivity contribution < 1.29 is 9.53 Å². The zero-order valence-corrected chi connectivity index (χ0v) is 19.0. The molecule has 0 aliphatic carbocycles. The predicted octanol–water partition coefficient (Wildman–Crippen LogP) is 4.65. The van der Waals surface area contributed by atoms with Crippen LogP contribution in [0.5, 0.6) is 5.75 Å². The maximum atomic E-state index is 12.4. The first-order valence-electron chi connectivity index (χ1n) is 9.52. The summed E-state index contributed by atoms with van der Waals surface area (Å²) < 4.78 is 7.14. The van der Waals surface area contributed by atoms with Crippen LogP contribution >= 0.6 is 23.1 Å². The molecule has 7 nitrogen and oxygen atoms in total. The summed E-state index contributed by atoms with van der Waals surface area (Å²) in [6.45, 7) is 2.05. The highest BCUT2D eigenvalue weighted by atomic mass is 32.2. The second kappa shape index (κ2) is 9.32. The molecule has 0 saturated carbocycles. The van der Waals surface area contributed by atoms with Crippen molar-refractivity contribution in [1.29, 1.82) is 0 Å². The van der Waals surface area contributed by atoms with Crippen LogP contribution in [0.4, 0.5) is 5.13 Å². The van der Waals surface area contributed by atoms with Gasteiger partial charge in [0.05, 0.1) is 18.6 Å². The van der Waals surface area contributed by atoms with Gasteiger partial charge >= 0.3 is 0 Å². The number of anilines is 1. The number of thioether (sulfide) groups is 1. The first-order valence-corrected chi connectivity index (χ1v) is 11.4. The average molecular weight is 452 g/mol. The first-order chi connectivity index (χ1) is 15.0. The van der Waals surface area contributed by atoms with Crippen molar-refractivity contribution in [3.63, 3.8) is 0 Å². The molecule has 4 aromatic rings. The highest BCUT2D eigenvalue weighted by Gasteiger charge is 2.14. The number of aromatic nitrogens is 4. The Bertz CT molecular complexity index is 1200. The van der Waals surface area contributed by atoms with E-state index >= 15 is 0 Å². The number of rotatable bonds is 7. The van der Waals surface area contributed by atoms with Gasteiger partial charge in [-0.3, -0.25) is 4.79 Å². The van der Waals surface area contributed by atoms with Gasteiger partial charge in [0.1, 0.15) is 5.75 Å². The van der Waals surface area contributed by atoms with Crippen LogP contribution in [-0.4, -0.2) is 38.5 Å². The van der Waals surface area contributed by atoms with E-state index in [4.69, 9.17) is 4.74 Å². The molecular weight excluding hydrogens is 430 g/mol. The van der Waals surface area contributed by atoms with E-state index in [2.05, 4.69) is 20.5 Å². The Labute approximate surface area is 188 Å². The lowest BCUT2D eigenvalue weighted by molar-refractivity contribution is -0.113. The van der Waals surface area contributed by atoms with Gasteiger partial charge in [0.2, 0.25) is 5.91 Å². The summed E-state index contributed by atoms with van der Waals surface area (Å²) in [5, 5.41) is 14.5. The van der Waals surface area contributed by atoms with Crippen molar-refractivity contribution in [1.82, 2.24) is 19.7 Å². The second-order valence-electron chi connectivity index (χ2n) is 6.84. The van der Waals surface area contributed by atoms with E-state index in [1.54, 1.807) is 7.11 Å². The lowest BCUT2D eigenvalue weighted by Gasteiger charge is -2.05. The summed E-state index contributed by atoms with van der Waals surface area (Å²) in [6, 6.07) is 15.8. The summed E-state index contributed by atoms with van der Waals surface area (Å²) >= 11 is 2.74. The fraction of sp³-hybridized carbons (Fsp3) is 0.182. The number of hydrogen-bond donors (Lipinski definition) is 1. The van der Waals surface area contributed by atoms with Gasteiger partial charge < -0.3 is 14.6 Å². The summed E-state index contributed by atoms with van der Waals surface area (Å²) in [5.41, 5.74) is 3.98. The van der Waals surface area contributed by atoms with Crippen molar-refractivity contribution in [3.05, 3.63) is 59.5 Å². The minimum absolute atomic E-state index is 0.138. The molecule has 1 N–H and O–H groups in total. The Kier molecular flexibility index (Phi) is 6.34. The fourth-order valence-electron chi connectivity index (χ4n) is 2.93. The maximum Gasteiger partial charge on any atom is 0.236 e. The number of nitrogens with zero attached hydrogens (tertiary/aromatic N) is 4. The third-order valence-corrected chi connectivity index (χ3v) is 6.37. The number of thiazole rings is 1. The van der Waals surface area contributed by atoms with Gasteiger partial charge in [0, 0.05) is 23.6 Å². The predicted molar refractivity (Wildman–Crippen MR) is 125 cm³/mol. The number of benzene rings is 2. The summed E-state index contributed by atoms with van der Waals surface area (Å²) in [4.78, 5) is 16.9. The molecule has 0 atom stereocenters. The quantitative estimate of drug-likeness (QED) is 0.412. The lowest BCUT2D eigenvalue weighted by Crippen LogP contribution is -2.14. The molecule has 0 spiro atoms. The highest BCUT2D eigenvalue weighted by molar-refractivity contribution is 7.99. The summed E-state index contributed by atoms with van der Waals surface area (Å²) in [6.07, 6.45) is 0. The molecule has 4 rings (SSSR count). The minimum Gasteiger partial charge on any atom is -0.497 e. The highest BCUT2D eigenvalue weighted by Crippen LogP contribution is 2.27. The molecule has 0 bridgehead atoms. The van der Waals surface area contributed by atoms with Gasteiger partial charge in [-0.05, 0) is 19.1 Å². The number of methoxy groups -OCH3 is 1. The molecule has 0 saturated heterocycles. The van der Waals surface area contributed by atoms with Crippen LogP contribution in [0.2, 0.25) is 0 Å². The number of nitrogens with one attached hydrogen (secondary N) is 1. The van der Waals surface area contributed by atoms with Crippen molar-refractivity contribution >= 4 is 34.1 Å². The lowest BCUT2D eigenvalue weighted by atomic mass is 10.1. The number of hydrogen-bond acceptors (Lipinski definition) is 7. The molecule has 158 valence electrons. The Balaban J connectivity index is 1.37. The third-order valence-electron chi connectivity index (χ3n) is 4.59. The standard InChI is InChI=1S/C22H21N5O2S2/c1-14-7-9-15(10-8-14)18-12-30-21(23-18)24-19(28)13-31-22-26-25-20(27(22)2)16-5-4-6-17(11-16)29-3/h4-12H,13H2,1-3H3,(H,23,24,28). The van der Waals surface area contributed by atoms with Gasteiger partial charge in [-0.25, -0.2) is 4.98 Å². The minimum atomic E-state index is -0.138. The van der Waals surface area contributed by atoms with Crippen LogP contribution in [0.25, 0.3) is 22.6 Å². The Morgan fingerprint density at radius 2 is 1.97 bits per heavy atom. The van der Waals surface area contributed by atoms with E-state index in [0.29, 0.717) is 16.1 Å². The summed E-state index contributed by atoms with van der Waals surface area (Å²) in [7, 11) is 3.51. The molecule has 2 aromatic carbocycles. The molecule has 0 aliphatic heterocycles. The molecular formula is C22H21N5O2S2. The molecule has 9 heteroatoms. The van der Waals surface area contributed by atoms with E-state index in [-0.39, 0.29) is 11.7 Å². The van der Waals surface area contributed by atoms with Gasteiger partial charge in [-0.1, -0.05) is 53.7 Å². The fourth-order valence-corrected chi connectivity index (χ4v) is 4.37. The van der Waals surface area contributed by atoms with E-state index in [9.17, 15) is 4.79 Å². The number of carbonyl (C=O) groups is 1. The molecule has 31 heavy (non-hydrogen) atoms. The molecule has 0 fully saturated rings.